The summed E-state index contributed by atoms with van der Waals surface area (Å²) in [6.07, 6.45) is 0.655. The lowest BCUT2D eigenvalue weighted by atomic mass is 10.1. The number of benzene rings is 1. The van der Waals surface area contributed by atoms with E-state index < -0.39 is 0 Å². The van der Waals surface area contributed by atoms with Gasteiger partial charge < -0.3 is 11.5 Å². The van der Waals surface area contributed by atoms with Crippen molar-refractivity contribution in [3.63, 3.8) is 0 Å². The van der Waals surface area contributed by atoms with Crippen LogP contribution in [0.2, 0.25) is 0 Å². The van der Waals surface area contributed by atoms with E-state index in [9.17, 15) is 4.39 Å². The molecule has 0 spiro atoms. The molecule has 0 aromatic heterocycles. The molecule has 0 saturated heterocycles. The molecular weight excluding hydrogens is 235 g/mol. The standard InChI is InChI=1S/C9H12BrFN2/c10-9-6(8(13)4-5-12)2-1-3-7(9)11/h1-3,8H,4-5,12-13H2. The van der Waals surface area contributed by atoms with E-state index in [1.54, 1.807) is 12.1 Å². The van der Waals surface area contributed by atoms with Gasteiger partial charge in [0.25, 0.3) is 0 Å². The van der Waals surface area contributed by atoms with Gasteiger partial charge in [0.2, 0.25) is 0 Å². The molecule has 0 saturated carbocycles. The van der Waals surface area contributed by atoms with Crippen molar-refractivity contribution < 1.29 is 4.39 Å². The van der Waals surface area contributed by atoms with Gasteiger partial charge in [0.05, 0.1) is 4.47 Å². The fourth-order valence-corrected chi connectivity index (χ4v) is 1.70. The van der Waals surface area contributed by atoms with E-state index in [1.165, 1.54) is 6.07 Å². The summed E-state index contributed by atoms with van der Waals surface area (Å²) in [7, 11) is 0. The number of halogens is 2. The summed E-state index contributed by atoms with van der Waals surface area (Å²) in [6.45, 7) is 0.504. The predicted molar refractivity (Wildman–Crippen MR) is 54.7 cm³/mol. The summed E-state index contributed by atoms with van der Waals surface area (Å²) in [5.41, 5.74) is 11.9. The van der Waals surface area contributed by atoms with Gasteiger partial charge in [-0.1, -0.05) is 12.1 Å². The minimum Gasteiger partial charge on any atom is -0.330 e. The Hall–Kier alpha value is -0.450. The zero-order valence-corrected chi connectivity index (χ0v) is 8.72. The van der Waals surface area contributed by atoms with Crippen LogP contribution in [0, 0.1) is 5.82 Å². The van der Waals surface area contributed by atoms with Gasteiger partial charge in [-0.15, -0.1) is 0 Å². The number of nitrogens with two attached hydrogens (primary N) is 2. The van der Waals surface area contributed by atoms with Crippen LogP contribution in [0.1, 0.15) is 18.0 Å². The fourth-order valence-electron chi connectivity index (χ4n) is 1.14. The highest BCUT2D eigenvalue weighted by Crippen LogP contribution is 2.25. The Morgan fingerprint density at radius 2 is 2.15 bits per heavy atom. The maximum atomic E-state index is 13.0. The molecular formula is C9H12BrFN2. The average Bonchev–Trinajstić information content (AvgIpc) is 2.10. The van der Waals surface area contributed by atoms with Crippen molar-refractivity contribution in [1.82, 2.24) is 0 Å². The zero-order valence-electron chi connectivity index (χ0n) is 7.13. The van der Waals surface area contributed by atoms with E-state index in [2.05, 4.69) is 15.9 Å². The second-order valence-electron chi connectivity index (χ2n) is 2.83. The minimum absolute atomic E-state index is 0.199. The SMILES string of the molecule is NCCC(N)c1cccc(F)c1Br. The van der Waals surface area contributed by atoms with Gasteiger partial charge in [-0.3, -0.25) is 0 Å². The first-order chi connectivity index (χ1) is 6.16. The minimum atomic E-state index is -0.287. The van der Waals surface area contributed by atoms with Crippen LogP contribution < -0.4 is 11.5 Å². The first-order valence-corrected chi connectivity index (χ1v) is 4.85. The molecule has 0 aliphatic heterocycles. The third kappa shape index (κ3) is 2.49. The van der Waals surface area contributed by atoms with Crippen molar-refractivity contribution in [3.05, 3.63) is 34.1 Å². The van der Waals surface area contributed by atoms with Gasteiger partial charge in [-0.05, 0) is 40.5 Å². The van der Waals surface area contributed by atoms with Crippen molar-refractivity contribution in [2.24, 2.45) is 11.5 Å². The van der Waals surface area contributed by atoms with Gasteiger partial charge in [-0.25, -0.2) is 4.39 Å². The first-order valence-electron chi connectivity index (χ1n) is 4.06. The van der Waals surface area contributed by atoms with Crippen LogP contribution in [0.3, 0.4) is 0 Å². The lowest BCUT2D eigenvalue weighted by Crippen LogP contribution is -2.16. The molecule has 1 aromatic rings. The summed E-state index contributed by atoms with van der Waals surface area (Å²) in [6, 6.07) is 4.64. The van der Waals surface area contributed by atoms with Crippen molar-refractivity contribution in [2.75, 3.05) is 6.54 Å². The normalized spacial score (nSPS) is 12.9. The van der Waals surface area contributed by atoms with Crippen LogP contribution >= 0.6 is 15.9 Å². The fraction of sp³-hybridized carbons (Fsp3) is 0.333. The Morgan fingerprint density at radius 1 is 1.46 bits per heavy atom. The van der Waals surface area contributed by atoms with Gasteiger partial charge in [0.15, 0.2) is 0 Å². The molecule has 13 heavy (non-hydrogen) atoms. The van der Waals surface area contributed by atoms with E-state index in [0.717, 1.165) is 5.56 Å². The van der Waals surface area contributed by atoms with Gasteiger partial charge in [-0.2, -0.15) is 0 Å². The van der Waals surface area contributed by atoms with Gasteiger partial charge in [0.1, 0.15) is 5.82 Å². The molecule has 0 fully saturated rings. The molecule has 0 amide bonds. The van der Waals surface area contributed by atoms with Crippen molar-refractivity contribution in [1.29, 1.82) is 0 Å². The third-order valence-corrected chi connectivity index (χ3v) is 2.70. The summed E-state index contributed by atoms with van der Waals surface area (Å²) in [5.74, 6) is -0.287. The van der Waals surface area contributed by atoms with E-state index >= 15 is 0 Å². The largest absolute Gasteiger partial charge is 0.330 e. The van der Waals surface area contributed by atoms with Crippen LogP contribution in [0.15, 0.2) is 22.7 Å². The summed E-state index contributed by atoms with van der Waals surface area (Å²) in [5, 5.41) is 0. The summed E-state index contributed by atoms with van der Waals surface area (Å²) < 4.78 is 13.5. The highest BCUT2D eigenvalue weighted by atomic mass is 79.9. The van der Waals surface area contributed by atoms with Crippen LogP contribution in [0.25, 0.3) is 0 Å². The van der Waals surface area contributed by atoms with Gasteiger partial charge in [0, 0.05) is 6.04 Å². The Morgan fingerprint density at radius 3 is 2.77 bits per heavy atom. The topological polar surface area (TPSA) is 52.0 Å². The number of hydrogen-bond acceptors (Lipinski definition) is 2. The average molecular weight is 247 g/mol. The quantitative estimate of drug-likeness (QED) is 0.857. The molecule has 0 bridgehead atoms. The Balaban J connectivity index is 2.93. The second kappa shape index (κ2) is 4.69. The molecule has 1 atom stereocenters. The molecule has 0 radical (unpaired) electrons. The third-order valence-electron chi connectivity index (χ3n) is 1.86. The van der Waals surface area contributed by atoms with Crippen LogP contribution in [0.4, 0.5) is 4.39 Å². The Bertz CT molecular complexity index is 291. The lowest BCUT2D eigenvalue weighted by Gasteiger charge is -2.12. The molecule has 1 aromatic carbocycles. The smallest absolute Gasteiger partial charge is 0.137 e. The lowest BCUT2D eigenvalue weighted by molar-refractivity contribution is 0.603. The summed E-state index contributed by atoms with van der Waals surface area (Å²) in [4.78, 5) is 0. The second-order valence-corrected chi connectivity index (χ2v) is 3.62. The van der Waals surface area contributed by atoms with Crippen LogP contribution in [0.5, 0.6) is 0 Å². The van der Waals surface area contributed by atoms with E-state index in [4.69, 9.17) is 11.5 Å². The molecule has 1 rings (SSSR count). The van der Waals surface area contributed by atoms with E-state index in [-0.39, 0.29) is 11.9 Å². The van der Waals surface area contributed by atoms with Gasteiger partial charge >= 0.3 is 0 Å². The summed E-state index contributed by atoms with van der Waals surface area (Å²) >= 11 is 3.15. The van der Waals surface area contributed by atoms with E-state index in [0.29, 0.717) is 17.4 Å². The molecule has 2 nitrogen and oxygen atoms in total. The molecule has 1 unspecified atom stereocenters. The number of rotatable bonds is 3. The van der Waals surface area contributed by atoms with Crippen LogP contribution in [-0.4, -0.2) is 6.54 Å². The van der Waals surface area contributed by atoms with Crippen molar-refractivity contribution in [3.8, 4) is 0 Å². The van der Waals surface area contributed by atoms with E-state index in [1.807, 2.05) is 0 Å². The highest BCUT2D eigenvalue weighted by Gasteiger charge is 2.11. The van der Waals surface area contributed by atoms with Crippen molar-refractivity contribution >= 4 is 15.9 Å². The molecule has 4 N–H and O–H groups in total. The predicted octanol–water partition coefficient (Wildman–Crippen LogP) is 1.94. The highest BCUT2D eigenvalue weighted by molar-refractivity contribution is 9.10. The first kappa shape index (κ1) is 10.6. The molecule has 4 heteroatoms. The maximum absolute atomic E-state index is 13.0. The van der Waals surface area contributed by atoms with Crippen molar-refractivity contribution in [2.45, 2.75) is 12.5 Å². The number of hydrogen-bond donors (Lipinski definition) is 2. The zero-order chi connectivity index (χ0) is 9.84. The monoisotopic (exact) mass is 246 g/mol. The molecule has 0 aliphatic carbocycles. The Kier molecular flexibility index (Phi) is 3.84. The van der Waals surface area contributed by atoms with Crippen LogP contribution in [-0.2, 0) is 0 Å². The Labute approximate surface area is 85.2 Å². The molecule has 0 heterocycles. The molecule has 0 aliphatic rings. The molecule has 72 valence electrons. The maximum Gasteiger partial charge on any atom is 0.137 e.